The van der Waals surface area contributed by atoms with Gasteiger partial charge in [-0.3, -0.25) is 13.9 Å². The number of anilines is 1. The number of amides is 2. The fourth-order valence-electron chi connectivity index (χ4n) is 4.10. The number of hydrogen-bond acceptors (Lipinski definition) is 4. The van der Waals surface area contributed by atoms with Crippen LogP contribution in [0.1, 0.15) is 44.7 Å². The van der Waals surface area contributed by atoms with Crippen molar-refractivity contribution in [2.75, 3.05) is 10.8 Å². The Morgan fingerprint density at radius 3 is 1.97 bits per heavy atom. The molecule has 202 valence electrons. The molecule has 8 heteroatoms. The first kappa shape index (κ1) is 28.9. The van der Waals surface area contributed by atoms with Crippen molar-refractivity contribution in [2.24, 2.45) is 0 Å². The Bertz CT molecular complexity index is 1300. The topological polar surface area (TPSA) is 86.8 Å². The summed E-state index contributed by atoms with van der Waals surface area (Å²) in [6.07, 6.45) is 1.14. The van der Waals surface area contributed by atoms with Crippen LogP contribution in [0.5, 0.6) is 0 Å². The van der Waals surface area contributed by atoms with Gasteiger partial charge in [-0.05, 0) is 56.5 Å². The van der Waals surface area contributed by atoms with Crippen LogP contribution >= 0.6 is 0 Å². The standard InChI is InChI=1S/C30H37N3O4S/c1-5-24(4)31-30(35)28(6-2)32(21-25-13-9-7-10-14-25)29(34)22-33(26-15-11-8-12-16-26)38(36,37)27-19-17-23(3)18-20-27/h7-20,24,28H,5-6,21-22H2,1-4H3,(H,31,35)/t24-,28-/m1/s1. The maximum atomic E-state index is 14.0. The highest BCUT2D eigenvalue weighted by Crippen LogP contribution is 2.25. The van der Waals surface area contributed by atoms with Crippen molar-refractivity contribution in [3.8, 4) is 0 Å². The third-order valence-corrected chi connectivity index (χ3v) is 8.30. The van der Waals surface area contributed by atoms with Crippen molar-refractivity contribution < 1.29 is 18.0 Å². The van der Waals surface area contributed by atoms with Gasteiger partial charge >= 0.3 is 0 Å². The predicted octanol–water partition coefficient (Wildman–Crippen LogP) is 4.91. The van der Waals surface area contributed by atoms with E-state index in [2.05, 4.69) is 5.32 Å². The van der Waals surface area contributed by atoms with Gasteiger partial charge in [0.2, 0.25) is 11.8 Å². The molecule has 38 heavy (non-hydrogen) atoms. The highest BCUT2D eigenvalue weighted by Gasteiger charge is 2.33. The van der Waals surface area contributed by atoms with Gasteiger partial charge in [0.1, 0.15) is 12.6 Å². The molecule has 0 aliphatic heterocycles. The van der Waals surface area contributed by atoms with Crippen molar-refractivity contribution in [3.05, 3.63) is 96.1 Å². The number of rotatable bonds is 12. The molecule has 2 amide bonds. The van der Waals surface area contributed by atoms with Crippen molar-refractivity contribution in [1.29, 1.82) is 0 Å². The van der Waals surface area contributed by atoms with Gasteiger partial charge in [0.15, 0.2) is 0 Å². The van der Waals surface area contributed by atoms with Gasteiger partial charge in [-0.1, -0.05) is 80.1 Å². The number of para-hydroxylation sites is 1. The van der Waals surface area contributed by atoms with Crippen molar-refractivity contribution in [1.82, 2.24) is 10.2 Å². The van der Waals surface area contributed by atoms with Gasteiger partial charge in [-0.15, -0.1) is 0 Å². The number of benzene rings is 3. The van der Waals surface area contributed by atoms with Crippen LogP contribution in [0, 0.1) is 6.92 Å². The number of hydrogen-bond donors (Lipinski definition) is 1. The van der Waals surface area contributed by atoms with Crippen LogP contribution in [0.15, 0.2) is 89.8 Å². The smallest absolute Gasteiger partial charge is 0.264 e. The minimum atomic E-state index is -4.06. The average molecular weight is 536 g/mol. The first-order valence-corrected chi connectivity index (χ1v) is 14.4. The first-order valence-electron chi connectivity index (χ1n) is 13.0. The zero-order valence-electron chi connectivity index (χ0n) is 22.5. The molecule has 0 aliphatic carbocycles. The summed E-state index contributed by atoms with van der Waals surface area (Å²) in [6, 6.07) is 23.7. The van der Waals surface area contributed by atoms with E-state index in [0.29, 0.717) is 12.1 Å². The van der Waals surface area contributed by atoms with E-state index in [9.17, 15) is 18.0 Å². The minimum Gasteiger partial charge on any atom is -0.352 e. The van der Waals surface area contributed by atoms with E-state index in [1.54, 1.807) is 54.6 Å². The summed E-state index contributed by atoms with van der Waals surface area (Å²) in [5.74, 6) is -0.710. The molecular weight excluding hydrogens is 498 g/mol. The van der Waals surface area contributed by atoms with E-state index in [-0.39, 0.29) is 23.4 Å². The summed E-state index contributed by atoms with van der Waals surface area (Å²) in [5, 5.41) is 2.98. The number of carbonyl (C=O) groups is 2. The van der Waals surface area contributed by atoms with Crippen LogP contribution < -0.4 is 9.62 Å². The normalized spacial score (nSPS) is 12.8. The lowest BCUT2D eigenvalue weighted by atomic mass is 10.1. The highest BCUT2D eigenvalue weighted by molar-refractivity contribution is 7.92. The molecule has 0 bridgehead atoms. The summed E-state index contributed by atoms with van der Waals surface area (Å²) in [7, 11) is -4.06. The summed E-state index contributed by atoms with van der Waals surface area (Å²) in [5.41, 5.74) is 2.15. The lowest BCUT2D eigenvalue weighted by Gasteiger charge is -2.33. The highest BCUT2D eigenvalue weighted by atomic mass is 32.2. The lowest BCUT2D eigenvalue weighted by Crippen LogP contribution is -2.53. The van der Waals surface area contributed by atoms with E-state index in [1.165, 1.54) is 4.90 Å². The Kier molecular flexibility index (Phi) is 10.1. The fourth-order valence-corrected chi connectivity index (χ4v) is 5.52. The first-order chi connectivity index (χ1) is 18.2. The summed E-state index contributed by atoms with van der Waals surface area (Å²) < 4.78 is 28.7. The third kappa shape index (κ3) is 7.22. The predicted molar refractivity (Wildman–Crippen MR) is 151 cm³/mol. The van der Waals surface area contributed by atoms with Crippen LogP contribution in [0.25, 0.3) is 0 Å². The van der Waals surface area contributed by atoms with Gasteiger partial charge in [0.05, 0.1) is 10.6 Å². The average Bonchev–Trinajstić information content (AvgIpc) is 2.92. The number of sulfonamides is 1. The molecule has 1 N–H and O–H groups in total. The molecule has 0 saturated carbocycles. The SMILES string of the molecule is CC[C@@H](C)NC(=O)[C@@H](CC)N(Cc1ccccc1)C(=O)CN(c1ccccc1)S(=O)(=O)c1ccc(C)cc1. The van der Waals surface area contributed by atoms with Crippen LogP contribution in [0.2, 0.25) is 0 Å². The summed E-state index contributed by atoms with van der Waals surface area (Å²) >= 11 is 0. The van der Waals surface area contributed by atoms with E-state index in [0.717, 1.165) is 21.9 Å². The quantitative estimate of drug-likeness (QED) is 0.357. The number of nitrogens with zero attached hydrogens (tertiary/aromatic N) is 2. The molecule has 0 unspecified atom stereocenters. The molecule has 2 atom stereocenters. The summed E-state index contributed by atoms with van der Waals surface area (Å²) in [6.45, 7) is 7.36. The Labute approximate surface area is 226 Å². The minimum absolute atomic E-state index is 0.0482. The molecule has 0 fully saturated rings. The van der Waals surface area contributed by atoms with Crippen LogP contribution in [-0.4, -0.2) is 43.8 Å². The molecule has 0 aliphatic rings. The van der Waals surface area contributed by atoms with E-state index < -0.39 is 28.5 Å². The van der Waals surface area contributed by atoms with Crippen LogP contribution in [-0.2, 0) is 26.2 Å². The largest absolute Gasteiger partial charge is 0.352 e. The second-order valence-electron chi connectivity index (χ2n) is 9.41. The number of nitrogens with one attached hydrogen (secondary N) is 1. The Hall–Kier alpha value is -3.65. The number of aryl methyl sites for hydroxylation is 1. The van der Waals surface area contributed by atoms with Crippen molar-refractivity contribution >= 4 is 27.5 Å². The van der Waals surface area contributed by atoms with Gasteiger partial charge in [-0.2, -0.15) is 0 Å². The molecule has 0 radical (unpaired) electrons. The van der Waals surface area contributed by atoms with Crippen LogP contribution in [0.3, 0.4) is 0 Å². The maximum absolute atomic E-state index is 14.0. The van der Waals surface area contributed by atoms with Gasteiger partial charge in [-0.25, -0.2) is 8.42 Å². The fraction of sp³-hybridized carbons (Fsp3) is 0.333. The van der Waals surface area contributed by atoms with Crippen molar-refractivity contribution in [2.45, 2.75) is 64.1 Å². The third-order valence-electron chi connectivity index (χ3n) is 6.51. The second kappa shape index (κ2) is 13.2. The Morgan fingerprint density at radius 2 is 1.42 bits per heavy atom. The molecule has 0 aromatic heterocycles. The van der Waals surface area contributed by atoms with Crippen molar-refractivity contribution in [3.63, 3.8) is 0 Å². The monoisotopic (exact) mass is 535 g/mol. The van der Waals surface area contributed by atoms with Gasteiger partial charge in [0, 0.05) is 12.6 Å². The van der Waals surface area contributed by atoms with Gasteiger partial charge in [0.25, 0.3) is 10.0 Å². The lowest BCUT2D eigenvalue weighted by molar-refractivity contribution is -0.140. The summed E-state index contributed by atoms with van der Waals surface area (Å²) in [4.78, 5) is 28.8. The molecule has 3 aromatic rings. The Balaban J connectivity index is 2.01. The van der Waals surface area contributed by atoms with Gasteiger partial charge < -0.3 is 10.2 Å². The Morgan fingerprint density at radius 1 is 0.842 bits per heavy atom. The molecule has 0 spiro atoms. The van der Waals surface area contributed by atoms with Crippen LogP contribution in [0.4, 0.5) is 5.69 Å². The molecule has 7 nitrogen and oxygen atoms in total. The molecular formula is C30H37N3O4S. The van der Waals surface area contributed by atoms with E-state index in [1.807, 2.05) is 58.0 Å². The molecule has 0 heterocycles. The molecule has 3 aromatic carbocycles. The zero-order chi connectivity index (χ0) is 27.7. The number of carbonyl (C=O) groups excluding carboxylic acids is 2. The van der Waals surface area contributed by atoms with E-state index in [4.69, 9.17) is 0 Å². The molecule has 3 rings (SSSR count). The molecule has 0 saturated heterocycles. The van der Waals surface area contributed by atoms with E-state index >= 15 is 0 Å². The zero-order valence-corrected chi connectivity index (χ0v) is 23.3. The second-order valence-corrected chi connectivity index (χ2v) is 11.3. The maximum Gasteiger partial charge on any atom is 0.264 e.